The van der Waals surface area contributed by atoms with Gasteiger partial charge in [0.25, 0.3) is 5.78 Å². The predicted octanol–water partition coefficient (Wildman–Crippen LogP) is 1.66. The second-order valence-corrected chi connectivity index (χ2v) is 4.96. The van der Waals surface area contributed by atoms with Crippen LogP contribution in [0.5, 0.6) is 0 Å². The zero-order valence-electron chi connectivity index (χ0n) is 11.2. The molecule has 1 heterocycles. The van der Waals surface area contributed by atoms with Crippen molar-refractivity contribution in [3.8, 4) is 0 Å². The molecule has 1 aliphatic rings. The first-order valence-electron chi connectivity index (χ1n) is 6.57. The molecule has 0 bridgehead atoms. The molecule has 0 saturated heterocycles. The first-order valence-corrected chi connectivity index (χ1v) is 6.57. The van der Waals surface area contributed by atoms with Gasteiger partial charge in [-0.1, -0.05) is 0 Å². The van der Waals surface area contributed by atoms with Gasteiger partial charge in [-0.3, -0.25) is 9.59 Å². The number of ketones is 1. The number of aromatic nitrogens is 1. The molecule has 0 aliphatic heterocycles. The fourth-order valence-corrected chi connectivity index (χ4v) is 2.77. The maximum absolute atomic E-state index is 11.6. The minimum atomic E-state index is -1.45. The minimum Gasteiger partial charge on any atom is -0.475 e. The molecule has 108 valence electrons. The average Bonchev–Trinajstić information content (AvgIpc) is 2.94. The molecule has 1 fully saturated rings. The second kappa shape index (κ2) is 5.90. The SMILES string of the molecule is COC(=O)C1CCC(n2cccc2C(=O)C(=O)O)CC1. The molecule has 1 N–H and O–H groups in total. The zero-order chi connectivity index (χ0) is 14.7. The first-order chi connectivity index (χ1) is 9.54. The summed E-state index contributed by atoms with van der Waals surface area (Å²) in [7, 11) is 1.38. The Morgan fingerprint density at radius 2 is 1.90 bits per heavy atom. The summed E-state index contributed by atoms with van der Waals surface area (Å²) < 4.78 is 6.44. The predicted molar refractivity (Wildman–Crippen MR) is 69.4 cm³/mol. The number of ether oxygens (including phenoxy) is 1. The van der Waals surface area contributed by atoms with Gasteiger partial charge in [0.15, 0.2) is 0 Å². The van der Waals surface area contributed by atoms with Gasteiger partial charge in [-0.15, -0.1) is 0 Å². The maximum Gasteiger partial charge on any atom is 0.378 e. The van der Waals surface area contributed by atoms with Crippen LogP contribution in [0.2, 0.25) is 0 Å². The van der Waals surface area contributed by atoms with Crippen molar-refractivity contribution in [3.05, 3.63) is 24.0 Å². The Labute approximate surface area is 116 Å². The first kappa shape index (κ1) is 14.3. The number of nitrogens with zero attached hydrogens (tertiary/aromatic N) is 1. The van der Waals surface area contributed by atoms with Gasteiger partial charge in [-0.25, -0.2) is 4.79 Å². The fourth-order valence-electron chi connectivity index (χ4n) is 2.77. The highest BCUT2D eigenvalue weighted by atomic mass is 16.5. The van der Waals surface area contributed by atoms with Crippen LogP contribution in [-0.2, 0) is 14.3 Å². The van der Waals surface area contributed by atoms with Crippen molar-refractivity contribution < 1.29 is 24.2 Å². The number of carbonyl (C=O) groups is 3. The van der Waals surface area contributed by atoms with Gasteiger partial charge >= 0.3 is 11.9 Å². The number of hydrogen-bond acceptors (Lipinski definition) is 4. The summed E-state index contributed by atoms with van der Waals surface area (Å²) in [6.45, 7) is 0. The molecular weight excluding hydrogens is 262 g/mol. The van der Waals surface area contributed by atoms with Crippen LogP contribution in [0, 0.1) is 5.92 Å². The molecule has 0 radical (unpaired) electrons. The van der Waals surface area contributed by atoms with Crippen molar-refractivity contribution >= 4 is 17.7 Å². The third kappa shape index (κ3) is 2.74. The van der Waals surface area contributed by atoms with Gasteiger partial charge in [0.1, 0.15) is 0 Å². The number of Topliss-reactive ketones (excluding diaryl/α,β-unsaturated/α-hetero) is 1. The van der Waals surface area contributed by atoms with E-state index in [1.165, 1.54) is 13.2 Å². The van der Waals surface area contributed by atoms with Gasteiger partial charge in [-0.05, 0) is 37.8 Å². The molecule has 0 atom stereocenters. The fraction of sp³-hybridized carbons (Fsp3) is 0.500. The largest absolute Gasteiger partial charge is 0.475 e. The number of carbonyl (C=O) groups excluding carboxylic acids is 2. The number of carboxylic acids is 1. The standard InChI is InChI=1S/C14H17NO5/c1-20-14(19)9-4-6-10(7-5-9)15-8-2-3-11(15)12(16)13(17)18/h2-3,8-10H,4-7H2,1H3,(H,17,18). The summed E-state index contributed by atoms with van der Waals surface area (Å²) in [6.07, 6.45) is 4.56. The van der Waals surface area contributed by atoms with Crippen LogP contribution in [0.4, 0.5) is 0 Å². The normalized spacial score (nSPS) is 22.2. The smallest absolute Gasteiger partial charge is 0.378 e. The van der Waals surface area contributed by atoms with Crippen molar-refractivity contribution in [1.82, 2.24) is 4.57 Å². The van der Waals surface area contributed by atoms with Crippen LogP contribution < -0.4 is 0 Å². The number of esters is 1. The van der Waals surface area contributed by atoms with Crippen molar-refractivity contribution in [2.75, 3.05) is 7.11 Å². The molecule has 1 saturated carbocycles. The molecule has 0 amide bonds. The molecule has 1 aliphatic carbocycles. The topological polar surface area (TPSA) is 85.6 Å². The van der Waals surface area contributed by atoms with Gasteiger partial charge in [0, 0.05) is 12.2 Å². The number of aliphatic carboxylic acids is 1. The lowest BCUT2D eigenvalue weighted by Crippen LogP contribution is -2.26. The van der Waals surface area contributed by atoms with Crippen molar-refractivity contribution in [2.45, 2.75) is 31.7 Å². The molecule has 0 unspecified atom stereocenters. The number of rotatable bonds is 4. The van der Waals surface area contributed by atoms with Gasteiger partial charge in [0.05, 0.1) is 18.7 Å². The summed E-state index contributed by atoms with van der Waals surface area (Å²) in [5, 5.41) is 8.80. The quantitative estimate of drug-likeness (QED) is 0.514. The summed E-state index contributed by atoms with van der Waals surface area (Å²) in [6, 6.07) is 3.25. The van der Waals surface area contributed by atoms with E-state index in [9.17, 15) is 14.4 Å². The van der Waals surface area contributed by atoms with E-state index in [1.807, 2.05) is 0 Å². The van der Waals surface area contributed by atoms with Crippen LogP contribution in [0.15, 0.2) is 18.3 Å². The van der Waals surface area contributed by atoms with E-state index in [2.05, 4.69) is 0 Å². The van der Waals surface area contributed by atoms with Gasteiger partial charge in [0.2, 0.25) is 0 Å². The molecule has 1 aromatic heterocycles. The summed E-state index contributed by atoms with van der Waals surface area (Å²) in [5.74, 6) is -2.64. The number of methoxy groups -OCH3 is 1. The van der Waals surface area contributed by atoms with E-state index in [-0.39, 0.29) is 23.6 Å². The van der Waals surface area contributed by atoms with Crippen LogP contribution in [0.1, 0.15) is 42.2 Å². The van der Waals surface area contributed by atoms with Crippen molar-refractivity contribution in [3.63, 3.8) is 0 Å². The van der Waals surface area contributed by atoms with E-state index in [0.717, 1.165) is 12.8 Å². The van der Waals surface area contributed by atoms with Crippen molar-refractivity contribution in [1.29, 1.82) is 0 Å². The molecule has 20 heavy (non-hydrogen) atoms. The summed E-state index contributed by atoms with van der Waals surface area (Å²) in [5.41, 5.74) is 0.194. The Morgan fingerprint density at radius 1 is 1.25 bits per heavy atom. The van der Waals surface area contributed by atoms with Crippen LogP contribution in [0.25, 0.3) is 0 Å². The molecule has 0 spiro atoms. The Hall–Kier alpha value is -2.11. The number of carboxylic acid groups (broad SMARTS) is 1. The third-order valence-electron chi connectivity index (χ3n) is 3.83. The van der Waals surface area contributed by atoms with Crippen LogP contribution >= 0.6 is 0 Å². The van der Waals surface area contributed by atoms with Crippen molar-refractivity contribution in [2.24, 2.45) is 5.92 Å². The highest BCUT2D eigenvalue weighted by molar-refractivity contribution is 6.39. The van der Waals surface area contributed by atoms with Crippen LogP contribution in [-0.4, -0.2) is 34.5 Å². The molecule has 6 heteroatoms. The van der Waals surface area contributed by atoms with Gasteiger partial charge < -0.3 is 14.4 Å². The maximum atomic E-state index is 11.6. The number of hydrogen-bond donors (Lipinski definition) is 1. The summed E-state index contributed by atoms with van der Waals surface area (Å²) >= 11 is 0. The molecule has 2 rings (SSSR count). The lowest BCUT2D eigenvalue weighted by atomic mass is 9.86. The van der Waals surface area contributed by atoms with Crippen LogP contribution in [0.3, 0.4) is 0 Å². The third-order valence-corrected chi connectivity index (χ3v) is 3.83. The monoisotopic (exact) mass is 279 g/mol. The summed E-state index contributed by atoms with van der Waals surface area (Å²) in [4.78, 5) is 33.8. The second-order valence-electron chi connectivity index (χ2n) is 4.96. The zero-order valence-corrected chi connectivity index (χ0v) is 11.2. The Kier molecular flexibility index (Phi) is 4.22. The Bertz CT molecular complexity index is 525. The average molecular weight is 279 g/mol. The molecule has 6 nitrogen and oxygen atoms in total. The van der Waals surface area contributed by atoms with E-state index in [4.69, 9.17) is 9.84 Å². The van der Waals surface area contributed by atoms with E-state index < -0.39 is 11.8 Å². The van der Waals surface area contributed by atoms with E-state index in [1.54, 1.807) is 16.8 Å². The Morgan fingerprint density at radius 3 is 2.45 bits per heavy atom. The van der Waals surface area contributed by atoms with Gasteiger partial charge in [-0.2, -0.15) is 0 Å². The van der Waals surface area contributed by atoms with E-state index >= 15 is 0 Å². The minimum absolute atomic E-state index is 0.0595. The molecule has 0 aromatic carbocycles. The molecular formula is C14H17NO5. The van der Waals surface area contributed by atoms with E-state index in [0.29, 0.717) is 12.8 Å². The lowest BCUT2D eigenvalue weighted by Gasteiger charge is -2.29. The highest BCUT2D eigenvalue weighted by Crippen LogP contribution is 2.33. The lowest BCUT2D eigenvalue weighted by molar-refractivity contribution is -0.146. The Balaban J connectivity index is 2.08. The molecule has 1 aromatic rings. The highest BCUT2D eigenvalue weighted by Gasteiger charge is 2.29.